The quantitative estimate of drug-likeness (QED) is 0.767. The van der Waals surface area contributed by atoms with Crippen molar-refractivity contribution < 1.29 is 8.42 Å². The maximum atomic E-state index is 11.4. The first-order valence-electron chi connectivity index (χ1n) is 5.89. The molecule has 0 fully saturated rings. The number of rotatable bonds is 4. The van der Waals surface area contributed by atoms with E-state index in [1.54, 1.807) is 10.8 Å². The van der Waals surface area contributed by atoms with Crippen LogP contribution in [0.4, 0.5) is 0 Å². The molecule has 0 unspecified atom stereocenters. The lowest BCUT2D eigenvalue weighted by Gasteiger charge is -2.09. The molecule has 0 amide bonds. The molecule has 0 bridgehead atoms. The maximum absolute atomic E-state index is 11.4. The zero-order chi connectivity index (χ0) is 14.9. The summed E-state index contributed by atoms with van der Waals surface area (Å²) in [6.45, 7) is 4.33. The van der Waals surface area contributed by atoms with E-state index in [0.717, 1.165) is 10.2 Å². The number of hydrogen-bond acceptors (Lipinski definition) is 4. The van der Waals surface area contributed by atoms with E-state index in [9.17, 15) is 8.42 Å². The van der Waals surface area contributed by atoms with Crippen molar-refractivity contribution in [2.24, 2.45) is 0 Å². The van der Waals surface area contributed by atoms with Crippen LogP contribution in [0.25, 0.3) is 0 Å². The molecular weight excluding hydrogens is 366 g/mol. The molecule has 2 rings (SSSR count). The molecule has 2 heterocycles. The number of aromatic nitrogens is 3. The molecule has 20 heavy (non-hydrogen) atoms. The van der Waals surface area contributed by atoms with Crippen LogP contribution in [0, 0.1) is 0 Å². The standard InChI is InChI=1S/C12H13BrClN3O2S/c1-8(2)12-16-11(20(14,18)19)7-17(12)6-10-4-3-9(13)5-15-10/h3-5,7-8H,6H2,1-2H3. The highest BCUT2D eigenvalue weighted by molar-refractivity contribution is 9.10. The molecule has 0 atom stereocenters. The van der Waals surface area contributed by atoms with Crippen molar-refractivity contribution in [1.29, 1.82) is 0 Å². The van der Waals surface area contributed by atoms with Gasteiger partial charge in [-0.3, -0.25) is 4.98 Å². The first-order valence-corrected chi connectivity index (χ1v) is 9.00. The van der Waals surface area contributed by atoms with Gasteiger partial charge in [-0.2, -0.15) is 0 Å². The molecular formula is C12H13BrClN3O2S. The van der Waals surface area contributed by atoms with Crippen LogP contribution in [0.15, 0.2) is 34.0 Å². The summed E-state index contributed by atoms with van der Waals surface area (Å²) >= 11 is 3.32. The number of halogens is 2. The molecule has 0 aliphatic rings. The van der Waals surface area contributed by atoms with E-state index in [4.69, 9.17) is 10.7 Å². The molecule has 0 N–H and O–H groups in total. The third kappa shape index (κ3) is 3.59. The van der Waals surface area contributed by atoms with Gasteiger partial charge in [-0.25, -0.2) is 13.4 Å². The average Bonchev–Trinajstić information content (AvgIpc) is 2.76. The van der Waals surface area contributed by atoms with Gasteiger partial charge in [0.2, 0.25) is 0 Å². The fraction of sp³-hybridized carbons (Fsp3) is 0.333. The minimum atomic E-state index is -3.82. The summed E-state index contributed by atoms with van der Waals surface area (Å²) in [5.41, 5.74) is 0.811. The van der Waals surface area contributed by atoms with Crippen molar-refractivity contribution in [1.82, 2.24) is 14.5 Å². The van der Waals surface area contributed by atoms with Crippen molar-refractivity contribution in [2.75, 3.05) is 0 Å². The second kappa shape index (κ2) is 5.83. The first-order chi connectivity index (χ1) is 9.27. The van der Waals surface area contributed by atoms with Crippen LogP contribution >= 0.6 is 26.6 Å². The van der Waals surface area contributed by atoms with Crippen LogP contribution in [0.3, 0.4) is 0 Å². The molecule has 0 aliphatic carbocycles. The summed E-state index contributed by atoms with van der Waals surface area (Å²) in [5, 5.41) is -0.125. The van der Waals surface area contributed by atoms with Crippen LogP contribution in [-0.2, 0) is 15.6 Å². The Morgan fingerprint density at radius 3 is 2.60 bits per heavy atom. The summed E-state index contributed by atoms with van der Waals surface area (Å²) in [7, 11) is 1.52. The molecule has 0 saturated heterocycles. The van der Waals surface area contributed by atoms with Crippen molar-refractivity contribution in [3.8, 4) is 0 Å². The lowest BCUT2D eigenvalue weighted by molar-refractivity contribution is 0.606. The Balaban J connectivity index is 2.40. The molecule has 8 heteroatoms. The summed E-state index contributed by atoms with van der Waals surface area (Å²) in [6, 6.07) is 3.75. The van der Waals surface area contributed by atoms with Crippen LogP contribution in [0.2, 0.25) is 0 Å². The van der Waals surface area contributed by atoms with Gasteiger partial charge in [-0.05, 0) is 28.1 Å². The summed E-state index contributed by atoms with van der Waals surface area (Å²) in [4.78, 5) is 8.37. The number of nitrogens with zero attached hydrogens (tertiary/aromatic N) is 3. The third-order valence-corrected chi connectivity index (χ3v) is 4.31. The Labute approximate surface area is 130 Å². The third-order valence-electron chi connectivity index (χ3n) is 2.67. The lowest BCUT2D eigenvalue weighted by atomic mass is 10.2. The summed E-state index contributed by atoms with van der Waals surface area (Å²) in [5.74, 6) is 0.742. The Kier molecular flexibility index (Phi) is 4.51. The molecule has 2 aromatic rings. The lowest BCUT2D eigenvalue weighted by Crippen LogP contribution is -2.06. The van der Waals surface area contributed by atoms with Crippen LogP contribution in [0.5, 0.6) is 0 Å². The van der Waals surface area contributed by atoms with Crippen molar-refractivity contribution in [3.63, 3.8) is 0 Å². The predicted molar refractivity (Wildman–Crippen MR) is 80.4 cm³/mol. The SMILES string of the molecule is CC(C)c1nc(S(=O)(=O)Cl)cn1Cc1ccc(Br)cn1. The Hall–Kier alpha value is -0.920. The van der Waals surface area contributed by atoms with Crippen molar-refractivity contribution in [3.05, 3.63) is 40.5 Å². The molecule has 2 aromatic heterocycles. The normalized spacial score (nSPS) is 12.1. The summed E-state index contributed by atoms with van der Waals surface area (Å²) < 4.78 is 25.4. The topological polar surface area (TPSA) is 64.8 Å². The highest BCUT2D eigenvalue weighted by Gasteiger charge is 2.19. The second-order valence-corrected chi connectivity index (χ2v) is 8.05. The summed E-state index contributed by atoms with van der Waals surface area (Å²) in [6.07, 6.45) is 3.14. The molecule has 0 aromatic carbocycles. The van der Waals surface area contributed by atoms with E-state index in [1.165, 1.54) is 6.20 Å². The second-order valence-electron chi connectivity index (χ2n) is 4.63. The molecule has 0 radical (unpaired) electrons. The smallest absolute Gasteiger partial charge is 0.280 e. The van der Waals surface area contributed by atoms with E-state index in [0.29, 0.717) is 12.4 Å². The van der Waals surface area contributed by atoms with E-state index in [2.05, 4.69) is 25.9 Å². The number of hydrogen-bond donors (Lipinski definition) is 0. The molecule has 108 valence electrons. The molecule has 5 nitrogen and oxygen atoms in total. The Morgan fingerprint density at radius 2 is 2.10 bits per heavy atom. The van der Waals surface area contributed by atoms with E-state index in [1.807, 2.05) is 26.0 Å². The van der Waals surface area contributed by atoms with Gasteiger partial charge in [0.25, 0.3) is 9.05 Å². The first kappa shape index (κ1) is 15.5. The fourth-order valence-corrected chi connectivity index (χ4v) is 2.70. The van der Waals surface area contributed by atoms with Crippen LogP contribution in [0.1, 0.15) is 31.3 Å². The van der Waals surface area contributed by atoms with E-state index >= 15 is 0 Å². The monoisotopic (exact) mass is 377 g/mol. The maximum Gasteiger partial charge on any atom is 0.280 e. The minimum Gasteiger partial charge on any atom is -0.327 e. The van der Waals surface area contributed by atoms with Crippen LogP contribution in [-0.4, -0.2) is 23.0 Å². The van der Waals surface area contributed by atoms with E-state index < -0.39 is 9.05 Å². The van der Waals surface area contributed by atoms with Gasteiger partial charge in [-0.1, -0.05) is 13.8 Å². The fourth-order valence-electron chi connectivity index (χ4n) is 1.78. The van der Waals surface area contributed by atoms with Crippen LogP contribution < -0.4 is 0 Å². The number of imidazole rings is 1. The molecule has 0 spiro atoms. The van der Waals surface area contributed by atoms with Gasteiger partial charge in [0.1, 0.15) is 5.82 Å². The Bertz CT molecular complexity index is 711. The van der Waals surface area contributed by atoms with Gasteiger partial charge < -0.3 is 4.57 Å². The molecule has 0 aliphatic heterocycles. The van der Waals surface area contributed by atoms with Gasteiger partial charge in [0.05, 0.1) is 12.2 Å². The molecule has 0 saturated carbocycles. The highest BCUT2D eigenvalue weighted by Crippen LogP contribution is 2.21. The van der Waals surface area contributed by atoms with Gasteiger partial charge in [-0.15, -0.1) is 0 Å². The average molecular weight is 379 g/mol. The minimum absolute atomic E-state index is 0.0811. The van der Waals surface area contributed by atoms with Gasteiger partial charge in [0, 0.05) is 33.5 Å². The Morgan fingerprint density at radius 1 is 1.40 bits per heavy atom. The van der Waals surface area contributed by atoms with Gasteiger partial charge in [0.15, 0.2) is 5.03 Å². The zero-order valence-corrected chi connectivity index (χ0v) is 14.1. The van der Waals surface area contributed by atoms with E-state index in [-0.39, 0.29) is 10.9 Å². The largest absolute Gasteiger partial charge is 0.327 e. The highest BCUT2D eigenvalue weighted by atomic mass is 79.9. The van der Waals surface area contributed by atoms with Crippen molar-refractivity contribution >= 4 is 35.7 Å². The van der Waals surface area contributed by atoms with Gasteiger partial charge >= 0.3 is 0 Å². The predicted octanol–water partition coefficient (Wildman–Crippen LogP) is 3.14. The number of pyridine rings is 1. The van der Waals surface area contributed by atoms with Crippen molar-refractivity contribution in [2.45, 2.75) is 31.3 Å². The zero-order valence-electron chi connectivity index (χ0n) is 10.9.